The van der Waals surface area contributed by atoms with Crippen LogP contribution in [0.3, 0.4) is 0 Å². The molecule has 0 bridgehead atoms. The van der Waals surface area contributed by atoms with E-state index in [2.05, 4.69) is 0 Å². The standard InChI is InChI=1S/C12H15N3O5/c1-5(16)9(13)12(19)20-6-2-3-7(10(14)17)8(4-6)11(15)18/h2-5,9,16H,13H2,1H3,(H2,14,17)(H2,15,18). The van der Waals surface area contributed by atoms with Crippen LogP contribution in [0, 0.1) is 0 Å². The number of hydrogen-bond donors (Lipinski definition) is 4. The summed E-state index contributed by atoms with van der Waals surface area (Å²) in [7, 11) is 0. The molecule has 0 aliphatic carbocycles. The molecule has 1 aromatic carbocycles. The van der Waals surface area contributed by atoms with E-state index in [0.717, 1.165) is 6.07 Å². The van der Waals surface area contributed by atoms with Gasteiger partial charge in [-0.25, -0.2) is 4.79 Å². The van der Waals surface area contributed by atoms with Crippen molar-refractivity contribution >= 4 is 17.8 Å². The monoisotopic (exact) mass is 281 g/mol. The van der Waals surface area contributed by atoms with Gasteiger partial charge in [0.25, 0.3) is 0 Å². The number of hydrogen-bond acceptors (Lipinski definition) is 6. The third-order valence-electron chi connectivity index (χ3n) is 2.53. The number of aliphatic hydroxyl groups is 1. The second-order valence-electron chi connectivity index (χ2n) is 4.12. The number of amides is 2. The molecule has 0 aliphatic heterocycles. The molecule has 7 N–H and O–H groups in total. The zero-order valence-electron chi connectivity index (χ0n) is 10.7. The summed E-state index contributed by atoms with van der Waals surface area (Å²) in [6.45, 7) is 1.33. The van der Waals surface area contributed by atoms with E-state index in [9.17, 15) is 14.4 Å². The van der Waals surface area contributed by atoms with E-state index in [0.29, 0.717) is 0 Å². The van der Waals surface area contributed by atoms with Crippen LogP contribution in [0.1, 0.15) is 27.6 Å². The predicted octanol–water partition coefficient (Wildman–Crippen LogP) is -1.50. The molecule has 8 nitrogen and oxygen atoms in total. The van der Waals surface area contributed by atoms with E-state index < -0.39 is 29.9 Å². The summed E-state index contributed by atoms with van der Waals surface area (Å²) in [5.41, 5.74) is 15.3. The van der Waals surface area contributed by atoms with Gasteiger partial charge in [-0.05, 0) is 25.1 Å². The highest BCUT2D eigenvalue weighted by Gasteiger charge is 2.22. The van der Waals surface area contributed by atoms with Crippen molar-refractivity contribution in [2.75, 3.05) is 0 Å². The number of ether oxygens (including phenoxy) is 1. The minimum Gasteiger partial charge on any atom is -0.425 e. The van der Waals surface area contributed by atoms with Gasteiger partial charge in [-0.2, -0.15) is 0 Å². The van der Waals surface area contributed by atoms with E-state index in [4.69, 9.17) is 27.0 Å². The average molecular weight is 281 g/mol. The molecule has 0 spiro atoms. The Morgan fingerprint density at radius 1 is 1.15 bits per heavy atom. The molecule has 8 heteroatoms. The number of carbonyl (C=O) groups is 3. The van der Waals surface area contributed by atoms with Crippen molar-refractivity contribution in [3.8, 4) is 5.75 Å². The quantitative estimate of drug-likeness (QED) is 0.379. The number of rotatable bonds is 5. The molecule has 0 fully saturated rings. The number of carbonyl (C=O) groups excluding carboxylic acids is 3. The van der Waals surface area contributed by atoms with Crippen LogP contribution in [-0.2, 0) is 4.79 Å². The fourth-order valence-electron chi connectivity index (χ4n) is 1.39. The smallest absolute Gasteiger partial charge is 0.330 e. The van der Waals surface area contributed by atoms with Gasteiger partial charge < -0.3 is 27.0 Å². The Kier molecular flexibility index (Phi) is 4.78. The summed E-state index contributed by atoms with van der Waals surface area (Å²) in [5.74, 6) is -2.65. The Balaban J connectivity index is 3.04. The van der Waals surface area contributed by atoms with Crippen LogP contribution in [0.5, 0.6) is 5.75 Å². The summed E-state index contributed by atoms with van der Waals surface area (Å²) < 4.78 is 4.88. The Hall–Kier alpha value is -2.45. The second kappa shape index (κ2) is 6.13. The van der Waals surface area contributed by atoms with Crippen molar-refractivity contribution in [1.29, 1.82) is 0 Å². The third-order valence-corrected chi connectivity index (χ3v) is 2.53. The van der Waals surface area contributed by atoms with Gasteiger partial charge in [-0.1, -0.05) is 0 Å². The highest BCUT2D eigenvalue weighted by Crippen LogP contribution is 2.18. The first kappa shape index (κ1) is 15.6. The van der Waals surface area contributed by atoms with Gasteiger partial charge in [0.2, 0.25) is 11.8 Å². The molecular weight excluding hydrogens is 266 g/mol. The minimum atomic E-state index is -1.23. The fraction of sp³-hybridized carbons (Fsp3) is 0.250. The topological polar surface area (TPSA) is 159 Å². The first-order valence-corrected chi connectivity index (χ1v) is 5.63. The van der Waals surface area contributed by atoms with Crippen molar-refractivity contribution < 1.29 is 24.2 Å². The maximum Gasteiger partial charge on any atom is 0.330 e. The Bertz CT molecular complexity index is 556. The van der Waals surface area contributed by atoms with Crippen molar-refractivity contribution in [2.45, 2.75) is 19.1 Å². The highest BCUT2D eigenvalue weighted by molar-refractivity contribution is 6.06. The predicted molar refractivity (Wildman–Crippen MR) is 68.8 cm³/mol. The molecule has 2 unspecified atom stereocenters. The van der Waals surface area contributed by atoms with Gasteiger partial charge in [-0.3, -0.25) is 9.59 Å². The molecular formula is C12H15N3O5. The molecule has 2 atom stereocenters. The summed E-state index contributed by atoms with van der Waals surface area (Å²) in [6, 6.07) is 2.34. The van der Waals surface area contributed by atoms with Gasteiger partial charge in [0, 0.05) is 0 Å². The van der Waals surface area contributed by atoms with Crippen LogP contribution in [0.25, 0.3) is 0 Å². The summed E-state index contributed by atoms with van der Waals surface area (Å²) in [6.07, 6.45) is -1.09. The van der Waals surface area contributed by atoms with E-state index in [1.54, 1.807) is 0 Å². The molecule has 0 saturated carbocycles. The van der Waals surface area contributed by atoms with Crippen LogP contribution in [0.2, 0.25) is 0 Å². The lowest BCUT2D eigenvalue weighted by molar-refractivity contribution is -0.138. The zero-order chi connectivity index (χ0) is 15.4. The maximum absolute atomic E-state index is 11.5. The van der Waals surface area contributed by atoms with Crippen molar-refractivity contribution in [1.82, 2.24) is 0 Å². The third kappa shape index (κ3) is 3.53. The number of primary amides is 2. The van der Waals surface area contributed by atoms with Crippen LogP contribution >= 0.6 is 0 Å². The molecule has 1 rings (SSSR count). The van der Waals surface area contributed by atoms with Gasteiger partial charge >= 0.3 is 5.97 Å². The second-order valence-corrected chi connectivity index (χ2v) is 4.12. The molecule has 108 valence electrons. The Labute approximate surface area is 114 Å². The van der Waals surface area contributed by atoms with Crippen LogP contribution in [0.15, 0.2) is 18.2 Å². The summed E-state index contributed by atoms with van der Waals surface area (Å²) in [4.78, 5) is 33.9. The lowest BCUT2D eigenvalue weighted by atomic mass is 10.1. The number of esters is 1. The number of benzene rings is 1. The molecule has 1 aromatic rings. The van der Waals surface area contributed by atoms with Crippen LogP contribution in [-0.4, -0.2) is 35.0 Å². The van der Waals surface area contributed by atoms with E-state index in [1.807, 2.05) is 0 Å². The van der Waals surface area contributed by atoms with Crippen molar-refractivity contribution in [2.24, 2.45) is 17.2 Å². The Morgan fingerprint density at radius 2 is 1.70 bits per heavy atom. The molecule has 20 heavy (non-hydrogen) atoms. The molecule has 2 amide bonds. The van der Waals surface area contributed by atoms with Gasteiger partial charge in [0.05, 0.1) is 17.2 Å². The molecule has 0 saturated heterocycles. The van der Waals surface area contributed by atoms with Crippen LogP contribution < -0.4 is 21.9 Å². The highest BCUT2D eigenvalue weighted by atomic mass is 16.5. The fourth-order valence-corrected chi connectivity index (χ4v) is 1.39. The van der Waals surface area contributed by atoms with E-state index >= 15 is 0 Å². The number of aliphatic hydroxyl groups excluding tert-OH is 1. The van der Waals surface area contributed by atoms with Gasteiger partial charge in [-0.15, -0.1) is 0 Å². The van der Waals surface area contributed by atoms with E-state index in [1.165, 1.54) is 19.1 Å². The number of nitrogens with two attached hydrogens (primary N) is 3. The Morgan fingerprint density at radius 3 is 2.15 bits per heavy atom. The SMILES string of the molecule is CC(O)C(N)C(=O)Oc1ccc(C(N)=O)c(C(N)=O)c1. The molecule has 0 heterocycles. The van der Waals surface area contributed by atoms with E-state index in [-0.39, 0.29) is 16.9 Å². The minimum absolute atomic E-state index is 0.0371. The first-order valence-electron chi connectivity index (χ1n) is 5.63. The average Bonchev–Trinajstić information content (AvgIpc) is 2.37. The normalized spacial score (nSPS) is 13.3. The van der Waals surface area contributed by atoms with Crippen molar-refractivity contribution in [3.05, 3.63) is 29.3 Å². The van der Waals surface area contributed by atoms with Crippen molar-refractivity contribution in [3.63, 3.8) is 0 Å². The summed E-state index contributed by atoms with van der Waals surface area (Å²) in [5, 5.41) is 9.17. The largest absolute Gasteiger partial charge is 0.425 e. The zero-order valence-corrected chi connectivity index (χ0v) is 10.7. The van der Waals surface area contributed by atoms with Gasteiger partial charge in [0.15, 0.2) is 0 Å². The lowest BCUT2D eigenvalue weighted by Gasteiger charge is -2.14. The van der Waals surface area contributed by atoms with Gasteiger partial charge in [0.1, 0.15) is 11.8 Å². The molecule has 0 aliphatic rings. The first-order chi connectivity index (χ1) is 9.23. The molecule has 0 radical (unpaired) electrons. The maximum atomic E-state index is 11.5. The van der Waals surface area contributed by atoms with Crippen LogP contribution in [0.4, 0.5) is 0 Å². The lowest BCUT2D eigenvalue weighted by Crippen LogP contribution is -2.42. The summed E-state index contributed by atoms with van der Waals surface area (Å²) >= 11 is 0. The molecule has 0 aromatic heterocycles.